The number of carbonyl (C=O) groups is 3. The maximum Gasteiger partial charge on any atom is 0.326 e. The third-order valence-electron chi connectivity index (χ3n) is 2.46. The second kappa shape index (κ2) is 8.90. The van der Waals surface area contributed by atoms with Gasteiger partial charge in [-0.25, -0.2) is 4.79 Å². The van der Waals surface area contributed by atoms with Gasteiger partial charge in [0.15, 0.2) is 0 Å². The third kappa shape index (κ3) is 8.91. The van der Waals surface area contributed by atoms with Crippen LogP contribution in [0.5, 0.6) is 0 Å². The maximum absolute atomic E-state index is 11.6. The lowest BCUT2D eigenvalue weighted by atomic mass is 10.1. The van der Waals surface area contributed by atoms with Crippen molar-refractivity contribution < 1.29 is 24.6 Å². The summed E-state index contributed by atoms with van der Waals surface area (Å²) < 4.78 is 0. The molecule has 0 aliphatic heterocycles. The van der Waals surface area contributed by atoms with Crippen LogP contribution < -0.4 is 5.32 Å². The molecule has 0 fully saturated rings. The van der Waals surface area contributed by atoms with Gasteiger partial charge in [0.05, 0.1) is 6.42 Å². The molecule has 1 amide bonds. The Morgan fingerprint density at radius 1 is 1.15 bits per heavy atom. The van der Waals surface area contributed by atoms with E-state index in [1.165, 1.54) is 11.6 Å². The first-order valence-electron chi connectivity index (χ1n) is 6.28. The fourth-order valence-electron chi connectivity index (χ4n) is 1.47. The van der Waals surface area contributed by atoms with E-state index in [1.54, 1.807) is 6.92 Å². The maximum atomic E-state index is 11.6. The molecule has 0 aliphatic carbocycles. The molecule has 0 spiro atoms. The smallest absolute Gasteiger partial charge is 0.326 e. The van der Waals surface area contributed by atoms with Crippen LogP contribution >= 0.6 is 0 Å². The molecule has 0 radical (unpaired) electrons. The number of nitrogens with one attached hydrogen (secondary N) is 1. The van der Waals surface area contributed by atoms with Crippen molar-refractivity contribution in [2.75, 3.05) is 0 Å². The molecule has 112 valence electrons. The summed E-state index contributed by atoms with van der Waals surface area (Å²) in [7, 11) is 0. The molecule has 6 nitrogen and oxygen atoms in total. The highest BCUT2D eigenvalue weighted by molar-refractivity contribution is 5.92. The summed E-state index contributed by atoms with van der Waals surface area (Å²) in [5, 5.41) is 19.5. The minimum absolute atomic E-state index is 0.589. The molecular formula is C14H21NO5. The van der Waals surface area contributed by atoms with Gasteiger partial charge in [-0.15, -0.1) is 0 Å². The minimum atomic E-state index is -1.41. The van der Waals surface area contributed by atoms with Gasteiger partial charge >= 0.3 is 11.9 Å². The molecule has 0 aromatic heterocycles. The second-order valence-corrected chi connectivity index (χ2v) is 4.81. The fraction of sp³-hybridized carbons (Fsp3) is 0.500. The molecule has 0 saturated heterocycles. The Bertz CT molecular complexity index is 433. The van der Waals surface area contributed by atoms with Gasteiger partial charge < -0.3 is 15.5 Å². The van der Waals surface area contributed by atoms with Crippen molar-refractivity contribution in [3.63, 3.8) is 0 Å². The number of aliphatic carboxylic acids is 2. The Morgan fingerprint density at radius 3 is 2.20 bits per heavy atom. The number of hydrogen-bond acceptors (Lipinski definition) is 3. The van der Waals surface area contributed by atoms with E-state index in [9.17, 15) is 14.4 Å². The van der Waals surface area contributed by atoms with Crippen molar-refractivity contribution in [2.45, 2.75) is 46.1 Å². The van der Waals surface area contributed by atoms with Gasteiger partial charge in [-0.05, 0) is 33.6 Å². The van der Waals surface area contributed by atoms with E-state index in [0.717, 1.165) is 12.0 Å². The Morgan fingerprint density at radius 2 is 1.75 bits per heavy atom. The van der Waals surface area contributed by atoms with Crippen LogP contribution in [0.3, 0.4) is 0 Å². The predicted molar refractivity (Wildman–Crippen MR) is 74.2 cm³/mol. The molecule has 0 aromatic rings. The molecule has 0 bridgehead atoms. The summed E-state index contributed by atoms with van der Waals surface area (Å²) >= 11 is 0. The quantitative estimate of drug-likeness (QED) is 0.465. The van der Waals surface area contributed by atoms with Crippen LogP contribution in [0.25, 0.3) is 0 Å². The summed E-state index contributed by atoms with van der Waals surface area (Å²) in [4.78, 5) is 32.9. The van der Waals surface area contributed by atoms with Crippen LogP contribution in [0.1, 0.15) is 40.0 Å². The molecule has 0 aromatic carbocycles. The van der Waals surface area contributed by atoms with Crippen LogP contribution in [0.4, 0.5) is 0 Å². The molecule has 0 rings (SSSR count). The van der Waals surface area contributed by atoms with Gasteiger partial charge in [-0.1, -0.05) is 17.2 Å². The third-order valence-corrected chi connectivity index (χ3v) is 2.46. The van der Waals surface area contributed by atoms with Crippen LogP contribution in [-0.2, 0) is 14.4 Å². The normalized spacial score (nSPS) is 12.4. The lowest BCUT2D eigenvalue weighted by molar-refractivity contribution is -0.146. The standard InChI is InChI=1S/C14H21NO5/c1-9(2)5-4-6-10(3)7-12(16)15-11(14(19)20)8-13(17)18/h5,7,11H,4,6,8H2,1-3H3,(H,15,16)(H,17,18)(H,19,20)/b10-7+. The lowest BCUT2D eigenvalue weighted by Gasteiger charge is -2.11. The van der Waals surface area contributed by atoms with Gasteiger partial charge in [0.2, 0.25) is 5.91 Å². The van der Waals surface area contributed by atoms with Crippen LogP contribution in [0.15, 0.2) is 23.3 Å². The SMILES string of the molecule is CC(C)=CCC/C(C)=C/C(=O)NC(CC(=O)O)C(=O)O. The Labute approximate surface area is 118 Å². The van der Waals surface area contributed by atoms with Crippen molar-refractivity contribution in [2.24, 2.45) is 0 Å². The topological polar surface area (TPSA) is 104 Å². The van der Waals surface area contributed by atoms with Gasteiger partial charge in [0.25, 0.3) is 0 Å². The molecule has 1 atom stereocenters. The zero-order valence-electron chi connectivity index (χ0n) is 12.0. The largest absolute Gasteiger partial charge is 0.481 e. The van der Waals surface area contributed by atoms with Crippen LogP contribution in [-0.4, -0.2) is 34.1 Å². The summed E-state index contributed by atoms with van der Waals surface area (Å²) in [5.74, 6) is -3.23. The predicted octanol–water partition coefficient (Wildman–Crippen LogP) is 1.72. The molecule has 1 unspecified atom stereocenters. The highest BCUT2D eigenvalue weighted by Gasteiger charge is 2.22. The first-order chi connectivity index (χ1) is 9.22. The monoisotopic (exact) mass is 283 g/mol. The summed E-state index contributed by atoms with van der Waals surface area (Å²) in [6.45, 7) is 5.73. The summed E-state index contributed by atoms with van der Waals surface area (Å²) in [6.07, 6.45) is 4.19. The highest BCUT2D eigenvalue weighted by atomic mass is 16.4. The molecule has 0 aliphatic rings. The zero-order chi connectivity index (χ0) is 15.7. The van der Waals surface area contributed by atoms with E-state index in [4.69, 9.17) is 10.2 Å². The van der Waals surface area contributed by atoms with E-state index in [1.807, 2.05) is 19.9 Å². The molecule has 0 heterocycles. The van der Waals surface area contributed by atoms with Crippen molar-refractivity contribution in [1.82, 2.24) is 5.32 Å². The van der Waals surface area contributed by atoms with Gasteiger partial charge in [-0.2, -0.15) is 0 Å². The van der Waals surface area contributed by atoms with E-state index >= 15 is 0 Å². The van der Waals surface area contributed by atoms with Gasteiger partial charge in [0, 0.05) is 6.08 Å². The number of hydrogen-bond donors (Lipinski definition) is 3. The highest BCUT2D eigenvalue weighted by Crippen LogP contribution is 2.06. The lowest BCUT2D eigenvalue weighted by Crippen LogP contribution is -2.41. The Kier molecular flexibility index (Phi) is 7.96. The number of rotatable bonds is 8. The summed E-state index contributed by atoms with van der Waals surface area (Å²) in [5.41, 5.74) is 1.99. The van der Waals surface area contributed by atoms with Crippen LogP contribution in [0, 0.1) is 0 Å². The fourth-order valence-corrected chi connectivity index (χ4v) is 1.47. The van der Waals surface area contributed by atoms with E-state index in [-0.39, 0.29) is 0 Å². The van der Waals surface area contributed by atoms with Crippen LogP contribution in [0.2, 0.25) is 0 Å². The summed E-state index contributed by atoms with van der Waals surface area (Å²) in [6, 6.07) is -1.41. The van der Waals surface area contributed by atoms with Crippen molar-refractivity contribution in [1.29, 1.82) is 0 Å². The average molecular weight is 283 g/mol. The molecular weight excluding hydrogens is 262 g/mol. The van der Waals surface area contributed by atoms with E-state index in [0.29, 0.717) is 6.42 Å². The Balaban J connectivity index is 4.46. The number of carboxylic acids is 2. The average Bonchev–Trinajstić information content (AvgIpc) is 2.26. The van der Waals surface area contributed by atoms with E-state index in [2.05, 4.69) is 5.32 Å². The molecule has 0 saturated carbocycles. The number of allylic oxidation sites excluding steroid dienone is 3. The van der Waals surface area contributed by atoms with Crippen molar-refractivity contribution in [3.8, 4) is 0 Å². The number of carboxylic acid groups (broad SMARTS) is 2. The Hall–Kier alpha value is -2.11. The van der Waals surface area contributed by atoms with Gasteiger partial charge in [0.1, 0.15) is 6.04 Å². The molecule has 20 heavy (non-hydrogen) atoms. The zero-order valence-corrected chi connectivity index (χ0v) is 12.0. The van der Waals surface area contributed by atoms with Crippen molar-refractivity contribution in [3.05, 3.63) is 23.3 Å². The van der Waals surface area contributed by atoms with Gasteiger partial charge in [-0.3, -0.25) is 9.59 Å². The molecule has 3 N–H and O–H groups in total. The minimum Gasteiger partial charge on any atom is -0.481 e. The first kappa shape index (κ1) is 17.9. The number of carbonyl (C=O) groups excluding carboxylic acids is 1. The van der Waals surface area contributed by atoms with Crippen molar-refractivity contribution >= 4 is 17.8 Å². The molecule has 6 heteroatoms. The second-order valence-electron chi connectivity index (χ2n) is 4.81. The number of amides is 1. The van der Waals surface area contributed by atoms with E-state index < -0.39 is 30.3 Å². The first-order valence-corrected chi connectivity index (χ1v) is 6.28.